The summed E-state index contributed by atoms with van der Waals surface area (Å²) in [7, 11) is 0. The van der Waals surface area contributed by atoms with Gasteiger partial charge in [0.1, 0.15) is 5.03 Å². The van der Waals surface area contributed by atoms with Crippen molar-refractivity contribution < 1.29 is 18.0 Å². The van der Waals surface area contributed by atoms with Gasteiger partial charge < -0.3 is 5.32 Å². The molecule has 1 aliphatic rings. The number of nitrogens with one attached hydrogen (secondary N) is 1. The Labute approximate surface area is 176 Å². The minimum absolute atomic E-state index is 0.0579. The van der Waals surface area contributed by atoms with Crippen LogP contribution < -0.4 is 5.32 Å². The third kappa shape index (κ3) is 6.62. The molecule has 29 heavy (non-hydrogen) atoms. The van der Waals surface area contributed by atoms with Crippen molar-refractivity contribution in [3.8, 4) is 0 Å². The first-order chi connectivity index (χ1) is 13.8. The molecular weight excluding hydrogens is 423 g/mol. The SMILES string of the molecule is O=C(CSc1ncc(C(F)(F)F)cc1Cl)NC1CCN(Cc2ccccc2)CC1. The summed E-state index contributed by atoms with van der Waals surface area (Å²) in [6, 6.07) is 11.2. The highest BCUT2D eigenvalue weighted by atomic mass is 35.5. The number of nitrogens with zero attached hydrogens (tertiary/aromatic N) is 2. The smallest absolute Gasteiger partial charge is 0.353 e. The van der Waals surface area contributed by atoms with Crippen LogP contribution in [0.3, 0.4) is 0 Å². The maximum atomic E-state index is 12.7. The fourth-order valence-electron chi connectivity index (χ4n) is 3.17. The zero-order chi connectivity index (χ0) is 20.9. The average Bonchev–Trinajstić information content (AvgIpc) is 2.68. The molecular formula is C20H21ClF3N3OS. The standard InChI is InChI=1S/C20H21ClF3N3OS/c21-17-10-15(20(22,23)24)11-25-19(17)29-13-18(28)26-16-6-8-27(9-7-16)12-14-4-2-1-3-5-14/h1-5,10-11,16H,6-9,12-13H2,(H,26,28). The van der Waals surface area contributed by atoms with Crippen LogP contribution >= 0.6 is 23.4 Å². The van der Waals surface area contributed by atoms with Gasteiger partial charge in [0.15, 0.2) is 0 Å². The van der Waals surface area contributed by atoms with E-state index < -0.39 is 11.7 Å². The zero-order valence-corrected chi connectivity index (χ0v) is 17.2. The lowest BCUT2D eigenvalue weighted by molar-refractivity contribution is -0.137. The van der Waals surface area contributed by atoms with Crippen molar-refractivity contribution in [1.82, 2.24) is 15.2 Å². The van der Waals surface area contributed by atoms with Gasteiger partial charge in [-0.2, -0.15) is 13.2 Å². The van der Waals surface area contributed by atoms with Crippen molar-refractivity contribution in [2.45, 2.75) is 36.6 Å². The number of hydrogen-bond acceptors (Lipinski definition) is 4. The molecule has 156 valence electrons. The zero-order valence-electron chi connectivity index (χ0n) is 15.6. The summed E-state index contributed by atoms with van der Waals surface area (Å²) in [6.07, 6.45) is -2.04. The van der Waals surface area contributed by atoms with Crippen LogP contribution in [-0.4, -0.2) is 40.7 Å². The summed E-state index contributed by atoms with van der Waals surface area (Å²) >= 11 is 6.91. The largest absolute Gasteiger partial charge is 0.417 e. The maximum Gasteiger partial charge on any atom is 0.417 e. The topological polar surface area (TPSA) is 45.2 Å². The third-order valence-electron chi connectivity index (χ3n) is 4.68. The molecule has 1 aromatic heterocycles. The monoisotopic (exact) mass is 443 g/mol. The number of thioether (sulfide) groups is 1. The molecule has 0 radical (unpaired) electrons. The molecule has 1 aromatic carbocycles. The molecule has 0 bridgehead atoms. The van der Waals surface area contributed by atoms with Gasteiger partial charge in [-0.1, -0.05) is 53.7 Å². The Bertz CT molecular complexity index is 827. The number of carbonyl (C=O) groups is 1. The number of pyridine rings is 1. The van der Waals surface area contributed by atoms with Gasteiger partial charge in [0.2, 0.25) is 5.91 Å². The number of amides is 1. The molecule has 1 saturated heterocycles. The van der Waals surface area contributed by atoms with Crippen LogP contribution in [0, 0.1) is 0 Å². The summed E-state index contributed by atoms with van der Waals surface area (Å²) in [5.74, 6) is -0.114. The predicted molar refractivity (Wildman–Crippen MR) is 108 cm³/mol. The lowest BCUT2D eigenvalue weighted by atomic mass is 10.0. The van der Waals surface area contributed by atoms with E-state index in [0.29, 0.717) is 0 Å². The van der Waals surface area contributed by atoms with Crippen molar-refractivity contribution >= 4 is 29.3 Å². The van der Waals surface area contributed by atoms with Crippen LogP contribution in [0.4, 0.5) is 13.2 Å². The van der Waals surface area contributed by atoms with E-state index in [-0.39, 0.29) is 27.8 Å². The Hall–Kier alpha value is -1.77. The van der Waals surface area contributed by atoms with Crippen LogP contribution in [0.15, 0.2) is 47.6 Å². The molecule has 0 unspecified atom stereocenters. The number of rotatable bonds is 6. The molecule has 2 aromatic rings. The molecule has 0 aliphatic carbocycles. The highest BCUT2D eigenvalue weighted by Crippen LogP contribution is 2.33. The normalized spacial score (nSPS) is 16.0. The average molecular weight is 444 g/mol. The molecule has 4 nitrogen and oxygen atoms in total. The van der Waals surface area contributed by atoms with Crippen LogP contribution in [0.2, 0.25) is 5.02 Å². The quantitative estimate of drug-likeness (QED) is 0.661. The number of aromatic nitrogens is 1. The fourth-order valence-corrected chi connectivity index (χ4v) is 4.17. The van der Waals surface area contributed by atoms with Crippen LogP contribution in [0.5, 0.6) is 0 Å². The van der Waals surface area contributed by atoms with E-state index in [0.717, 1.165) is 56.5 Å². The second-order valence-corrected chi connectivity index (χ2v) is 8.27. The van der Waals surface area contributed by atoms with Crippen molar-refractivity contribution in [1.29, 1.82) is 0 Å². The minimum Gasteiger partial charge on any atom is -0.353 e. The van der Waals surface area contributed by atoms with E-state index in [1.54, 1.807) is 0 Å². The predicted octanol–water partition coefficient (Wildman–Crippen LogP) is 4.63. The van der Waals surface area contributed by atoms with Crippen molar-refractivity contribution in [2.75, 3.05) is 18.8 Å². The Kier molecular flexibility index (Phi) is 7.43. The highest BCUT2D eigenvalue weighted by molar-refractivity contribution is 8.00. The van der Waals surface area contributed by atoms with E-state index in [1.165, 1.54) is 5.56 Å². The second kappa shape index (κ2) is 9.82. The van der Waals surface area contributed by atoms with Crippen LogP contribution in [0.1, 0.15) is 24.0 Å². The number of alkyl halides is 3. The van der Waals surface area contributed by atoms with Gasteiger partial charge in [-0.05, 0) is 24.5 Å². The second-order valence-electron chi connectivity index (χ2n) is 6.90. The molecule has 1 fully saturated rings. The molecule has 2 heterocycles. The number of carbonyl (C=O) groups excluding carboxylic acids is 1. The highest BCUT2D eigenvalue weighted by Gasteiger charge is 2.31. The number of likely N-dealkylation sites (tertiary alicyclic amines) is 1. The van der Waals surface area contributed by atoms with Gasteiger partial charge in [0.25, 0.3) is 0 Å². The summed E-state index contributed by atoms with van der Waals surface area (Å²) in [5, 5.41) is 3.10. The van der Waals surface area contributed by atoms with E-state index >= 15 is 0 Å². The van der Waals surface area contributed by atoms with E-state index in [1.807, 2.05) is 18.2 Å². The summed E-state index contributed by atoms with van der Waals surface area (Å²) in [4.78, 5) is 18.3. The number of halogens is 4. The number of piperidine rings is 1. The van der Waals surface area contributed by atoms with Gasteiger partial charge in [0, 0.05) is 31.9 Å². The van der Waals surface area contributed by atoms with Crippen molar-refractivity contribution in [2.24, 2.45) is 0 Å². The summed E-state index contributed by atoms with van der Waals surface area (Å²) in [6.45, 7) is 2.70. The minimum atomic E-state index is -4.49. The molecule has 0 saturated carbocycles. The molecule has 1 amide bonds. The maximum absolute atomic E-state index is 12.7. The number of benzene rings is 1. The van der Waals surface area contributed by atoms with Crippen LogP contribution in [-0.2, 0) is 17.5 Å². The summed E-state index contributed by atoms with van der Waals surface area (Å²) < 4.78 is 38.0. The molecule has 1 aliphatic heterocycles. The van der Waals surface area contributed by atoms with Gasteiger partial charge >= 0.3 is 6.18 Å². The molecule has 9 heteroatoms. The first-order valence-corrected chi connectivity index (χ1v) is 10.6. The van der Waals surface area contributed by atoms with Gasteiger partial charge in [-0.3, -0.25) is 9.69 Å². The van der Waals surface area contributed by atoms with Gasteiger partial charge in [0.05, 0.1) is 16.3 Å². The first-order valence-electron chi connectivity index (χ1n) is 9.22. The lowest BCUT2D eigenvalue weighted by Gasteiger charge is -2.32. The Morgan fingerprint density at radius 1 is 1.24 bits per heavy atom. The van der Waals surface area contributed by atoms with Crippen molar-refractivity contribution in [3.05, 3.63) is 58.7 Å². The van der Waals surface area contributed by atoms with E-state index in [4.69, 9.17) is 11.6 Å². The Morgan fingerprint density at radius 3 is 2.55 bits per heavy atom. The molecule has 3 rings (SSSR count). The Balaban J connectivity index is 1.41. The summed E-state index contributed by atoms with van der Waals surface area (Å²) in [5.41, 5.74) is 0.367. The number of hydrogen-bond donors (Lipinski definition) is 1. The molecule has 0 atom stereocenters. The fraction of sp³-hybridized carbons (Fsp3) is 0.400. The van der Waals surface area contributed by atoms with E-state index in [2.05, 4.69) is 27.3 Å². The first kappa shape index (κ1) is 21.9. The van der Waals surface area contributed by atoms with Crippen molar-refractivity contribution in [3.63, 3.8) is 0 Å². The van der Waals surface area contributed by atoms with E-state index in [9.17, 15) is 18.0 Å². The Morgan fingerprint density at radius 2 is 1.93 bits per heavy atom. The van der Waals surface area contributed by atoms with Gasteiger partial charge in [-0.15, -0.1) is 0 Å². The third-order valence-corrected chi connectivity index (χ3v) is 6.08. The van der Waals surface area contributed by atoms with Gasteiger partial charge in [-0.25, -0.2) is 4.98 Å². The molecule has 0 spiro atoms. The lowest BCUT2D eigenvalue weighted by Crippen LogP contribution is -2.44. The van der Waals surface area contributed by atoms with Crippen LogP contribution in [0.25, 0.3) is 0 Å². The molecule has 1 N–H and O–H groups in total.